The van der Waals surface area contributed by atoms with Crippen LogP contribution in [0.3, 0.4) is 0 Å². The van der Waals surface area contributed by atoms with E-state index in [-0.39, 0.29) is 30.5 Å². The number of piperidine rings is 1. The minimum atomic E-state index is -0.118. The first-order chi connectivity index (χ1) is 12.0. The summed E-state index contributed by atoms with van der Waals surface area (Å²) in [6.45, 7) is 4.97. The van der Waals surface area contributed by atoms with E-state index in [0.717, 1.165) is 18.4 Å². The Balaban J connectivity index is 1.75. The molecule has 1 aliphatic heterocycles. The third-order valence-corrected chi connectivity index (χ3v) is 5.24. The maximum Gasteiger partial charge on any atom is 0.261 e. The highest BCUT2D eigenvalue weighted by molar-refractivity contribution is 5.80. The van der Waals surface area contributed by atoms with Gasteiger partial charge in [-0.15, -0.1) is 0 Å². The van der Waals surface area contributed by atoms with Crippen LogP contribution in [0, 0.1) is 12.8 Å². The largest absolute Gasteiger partial charge is 0.394 e. The molecule has 0 radical (unpaired) electrons. The molecule has 134 valence electrons. The van der Waals surface area contributed by atoms with Crippen molar-refractivity contribution in [3.05, 3.63) is 40.4 Å². The molecule has 0 bridgehead atoms. The van der Waals surface area contributed by atoms with Gasteiger partial charge in [0.1, 0.15) is 0 Å². The Morgan fingerprint density at radius 3 is 2.96 bits per heavy atom. The fourth-order valence-corrected chi connectivity index (χ4v) is 3.69. The zero-order valence-corrected chi connectivity index (χ0v) is 14.8. The fraction of sp³-hybridized carbons (Fsp3) is 0.526. The maximum absolute atomic E-state index is 12.6. The highest BCUT2D eigenvalue weighted by atomic mass is 16.3. The van der Waals surface area contributed by atoms with E-state index in [0.29, 0.717) is 29.9 Å². The van der Waals surface area contributed by atoms with Gasteiger partial charge in [-0.3, -0.25) is 14.2 Å². The fourth-order valence-electron chi connectivity index (χ4n) is 3.69. The summed E-state index contributed by atoms with van der Waals surface area (Å²) in [5.41, 5.74) is 1.55. The first-order valence-corrected chi connectivity index (χ1v) is 8.88. The Hall–Kier alpha value is -2.21. The lowest BCUT2D eigenvalue weighted by Crippen LogP contribution is -2.49. The molecule has 3 rings (SSSR count). The summed E-state index contributed by atoms with van der Waals surface area (Å²) in [5.74, 6) is 0.289. The molecule has 1 aromatic heterocycles. The zero-order chi connectivity index (χ0) is 18.0. The summed E-state index contributed by atoms with van der Waals surface area (Å²) in [5, 5.41) is 10.2. The van der Waals surface area contributed by atoms with Crippen LogP contribution in [0.4, 0.5) is 0 Å². The van der Waals surface area contributed by atoms with Crippen LogP contribution < -0.4 is 5.56 Å². The van der Waals surface area contributed by atoms with E-state index in [4.69, 9.17) is 0 Å². The number of aliphatic hydroxyl groups is 1. The van der Waals surface area contributed by atoms with E-state index in [1.807, 2.05) is 19.1 Å². The smallest absolute Gasteiger partial charge is 0.261 e. The SMILES string of the molecule is Cc1cccc2c(=O)n(CCC(=O)N3CCCC(C)C3CO)cnc12. The van der Waals surface area contributed by atoms with Crippen molar-refractivity contribution < 1.29 is 9.90 Å². The number of para-hydroxylation sites is 1. The Bertz CT molecular complexity index is 830. The molecular formula is C19H25N3O3. The predicted octanol–water partition coefficient (Wildman–Crippen LogP) is 1.71. The van der Waals surface area contributed by atoms with Gasteiger partial charge in [0.25, 0.3) is 5.56 Å². The number of hydrogen-bond donors (Lipinski definition) is 1. The average molecular weight is 343 g/mol. The van der Waals surface area contributed by atoms with Gasteiger partial charge in [0.15, 0.2) is 0 Å². The van der Waals surface area contributed by atoms with Gasteiger partial charge in [0.2, 0.25) is 5.91 Å². The van der Waals surface area contributed by atoms with Crippen molar-refractivity contribution >= 4 is 16.8 Å². The van der Waals surface area contributed by atoms with E-state index >= 15 is 0 Å². The highest BCUT2D eigenvalue weighted by Gasteiger charge is 2.30. The third-order valence-electron chi connectivity index (χ3n) is 5.24. The number of hydrogen-bond acceptors (Lipinski definition) is 4. The topological polar surface area (TPSA) is 75.4 Å². The van der Waals surface area contributed by atoms with Crippen LogP contribution in [-0.4, -0.2) is 44.7 Å². The number of carbonyl (C=O) groups excluding carboxylic acids is 1. The molecule has 0 saturated carbocycles. The summed E-state index contributed by atoms with van der Waals surface area (Å²) in [6.07, 6.45) is 3.75. The standard InChI is InChI=1S/C19H25N3O3/c1-13-6-4-9-22(16(13)11-23)17(24)8-10-21-12-20-18-14(2)5-3-7-15(18)19(21)25/h3,5,7,12-13,16,23H,4,6,8-11H2,1-2H3. The van der Waals surface area contributed by atoms with E-state index < -0.39 is 0 Å². The molecule has 2 unspecified atom stereocenters. The number of benzene rings is 1. The summed E-state index contributed by atoms with van der Waals surface area (Å²) >= 11 is 0. The van der Waals surface area contributed by atoms with Gasteiger partial charge in [0, 0.05) is 19.5 Å². The average Bonchev–Trinajstić information content (AvgIpc) is 2.61. The molecule has 0 aliphatic carbocycles. The van der Waals surface area contributed by atoms with Crippen LogP contribution in [-0.2, 0) is 11.3 Å². The molecule has 2 aromatic rings. The molecule has 1 fully saturated rings. The van der Waals surface area contributed by atoms with Gasteiger partial charge in [0.05, 0.1) is 29.9 Å². The molecule has 1 saturated heterocycles. The number of amides is 1. The molecule has 0 spiro atoms. The van der Waals surface area contributed by atoms with E-state index in [9.17, 15) is 14.7 Å². The highest BCUT2D eigenvalue weighted by Crippen LogP contribution is 2.23. The second-order valence-electron chi connectivity index (χ2n) is 6.92. The van der Waals surface area contributed by atoms with Crippen molar-refractivity contribution in [1.29, 1.82) is 0 Å². The van der Waals surface area contributed by atoms with E-state index in [1.165, 1.54) is 10.9 Å². The van der Waals surface area contributed by atoms with Crippen molar-refractivity contribution in [2.75, 3.05) is 13.2 Å². The number of aromatic nitrogens is 2. The van der Waals surface area contributed by atoms with Crippen LogP contribution in [0.15, 0.2) is 29.3 Å². The lowest BCUT2D eigenvalue weighted by atomic mass is 9.91. The number of aliphatic hydroxyl groups excluding tert-OH is 1. The van der Waals surface area contributed by atoms with Crippen molar-refractivity contribution in [2.24, 2.45) is 5.92 Å². The van der Waals surface area contributed by atoms with E-state index in [2.05, 4.69) is 11.9 Å². The molecule has 1 aromatic carbocycles. The third kappa shape index (κ3) is 3.44. The summed E-state index contributed by atoms with van der Waals surface area (Å²) in [4.78, 5) is 31.3. The van der Waals surface area contributed by atoms with Gasteiger partial charge >= 0.3 is 0 Å². The molecule has 6 nitrogen and oxygen atoms in total. The molecule has 1 amide bonds. The van der Waals surface area contributed by atoms with Crippen molar-refractivity contribution in [1.82, 2.24) is 14.5 Å². The van der Waals surface area contributed by atoms with Crippen LogP contribution in [0.25, 0.3) is 10.9 Å². The van der Waals surface area contributed by atoms with Crippen molar-refractivity contribution in [2.45, 2.75) is 45.7 Å². The second kappa shape index (κ2) is 7.35. The van der Waals surface area contributed by atoms with Crippen LogP contribution in [0.5, 0.6) is 0 Å². The second-order valence-corrected chi connectivity index (χ2v) is 6.92. The first kappa shape index (κ1) is 17.6. The Morgan fingerprint density at radius 2 is 2.20 bits per heavy atom. The number of aryl methyl sites for hydroxylation is 2. The van der Waals surface area contributed by atoms with Gasteiger partial charge < -0.3 is 10.0 Å². The number of fused-ring (bicyclic) bond motifs is 1. The normalized spacial score (nSPS) is 20.8. The zero-order valence-electron chi connectivity index (χ0n) is 14.8. The van der Waals surface area contributed by atoms with Gasteiger partial charge in [-0.25, -0.2) is 4.98 Å². The van der Waals surface area contributed by atoms with Crippen LogP contribution >= 0.6 is 0 Å². The van der Waals surface area contributed by atoms with Crippen LogP contribution in [0.2, 0.25) is 0 Å². The number of rotatable bonds is 4. The Labute approximate surface area is 147 Å². The lowest BCUT2D eigenvalue weighted by Gasteiger charge is -2.39. The molecule has 6 heteroatoms. The summed E-state index contributed by atoms with van der Waals surface area (Å²) in [6, 6.07) is 5.42. The molecule has 2 heterocycles. The van der Waals surface area contributed by atoms with Gasteiger partial charge in [-0.2, -0.15) is 0 Å². The molecule has 25 heavy (non-hydrogen) atoms. The predicted molar refractivity (Wildman–Crippen MR) is 96.3 cm³/mol. The number of nitrogens with zero attached hydrogens (tertiary/aromatic N) is 3. The summed E-state index contributed by atoms with van der Waals surface area (Å²) < 4.78 is 1.50. The summed E-state index contributed by atoms with van der Waals surface area (Å²) in [7, 11) is 0. The van der Waals surface area contributed by atoms with E-state index in [1.54, 1.807) is 11.0 Å². The van der Waals surface area contributed by atoms with Gasteiger partial charge in [-0.05, 0) is 37.3 Å². The number of likely N-dealkylation sites (tertiary alicyclic amines) is 1. The molecular weight excluding hydrogens is 318 g/mol. The Kier molecular flexibility index (Phi) is 5.18. The van der Waals surface area contributed by atoms with Crippen LogP contribution in [0.1, 0.15) is 31.7 Å². The quantitative estimate of drug-likeness (QED) is 0.917. The minimum absolute atomic E-state index is 0.0103. The minimum Gasteiger partial charge on any atom is -0.394 e. The monoisotopic (exact) mass is 343 g/mol. The first-order valence-electron chi connectivity index (χ1n) is 8.88. The Morgan fingerprint density at radius 1 is 1.40 bits per heavy atom. The number of carbonyl (C=O) groups is 1. The van der Waals surface area contributed by atoms with Crippen molar-refractivity contribution in [3.63, 3.8) is 0 Å². The van der Waals surface area contributed by atoms with Crippen molar-refractivity contribution in [3.8, 4) is 0 Å². The maximum atomic E-state index is 12.6. The molecule has 1 aliphatic rings. The van der Waals surface area contributed by atoms with Gasteiger partial charge in [-0.1, -0.05) is 19.1 Å². The lowest BCUT2D eigenvalue weighted by molar-refractivity contribution is -0.137. The molecule has 2 atom stereocenters. The molecule has 1 N–H and O–H groups in total.